The van der Waals surface area contributed by atoms with Crippen molar-refractivity contribution in [3.8, 4) is 0 Å². The van der Waals surface area contributed by atoms with E-state index in [0.29, 0.717) is 0 Å². The Kier molecular flexibility index (Phi) is 2.32. The second-order valence-corrected chi connectivity index (χ2v) is 3.18. The topological polar surface area (TPSA) is 0 Å². The van der Waals surface area contributed by atoms with Crippen LogP contribution in [-0.4, -0.2) is 0 Å². The van der Waals surface area contributed by atoms with Gasteiger partial charge in [0.25, 0.3) is 0 Å². The minimum Gasteiger partial charge on any atom is -0.103 e. The van der Waals surface area contributed by atoms with Crippen LogP contribution in [0.4, 0.5) is 0 Å². The van der Waals surface area contributed by atoms with Gasteiger partial charge in [-0.3, -0.25) is 0 Å². The summed E-state index contributed by atoms with van der Waals surface area (Å²) in [4.78, 5) is 0. The molecule has 0 heterocycles. The van der Waals surface area contributed by atoms with Crippen LogP contribution in [0.5, 0.6) is 0 Å². The van der Waals surface area contributed by atoms with Crippen molar-refractivity contribution in [2.24, 2.45) is 11.8 Å². The van der Waals surface area contributed by atoms with Gasteiger partial charge in [-0.25, -0.2) is 0 Å². The van der Waals surface area contributed by atoms with Crippen molar-refractivity contribution in [3.05, 3.63) is 12.7 Å². The second kappa shape index (κ2) is 3.05. The molecule has 0 amide bonds. The van der Waals surface area contributed by atoms with Crippen LogP contribution >= 0.6 is 0 Å². The first-order valence-electron chi connectivity index (χ1n) is 3.95. The van der Waals surface area contributed by atoms with Crippen LogP contribution < -0.4 is 0 Å². The lowest BCUT2D eigenvalue weighted by atomic mass is 9.73. The second-order valence-electron chi connectivity index (χ2n) is 3.18. The van der Waals surface area contributed by atoms with Crippen LogP contribution in [0, 0.1) is 11.8 Å². The predicted octanol–water partition coefficient (Wildman–Crippen LogP) is 3.00. The monoisotopic (exact) mass is 124 g/mol. The van der Waals surface area contributed by atoms with E-state index in [2.05, 4.69) is 13.5 Å². The van der Waals surface area contributed by atoms with Gasteiger partial charge < -0.3 is 0 Å². The van der Waals surface area contributed by atoms with E-state index in [4.69, 9.17) is 0 Å². The Balaban J connectivity index is 2.06. The van der Waals surface area contributed by atoms with Crippen LogP contribution in [0.3, 0.4) is 0 Å². The highest BCUT2D eigenvalue weighted by molar-refractivity contribution is 4.79. The Bertz CT molecular complexity index is 94.2. The first-order chi connectivity index (χ1) is 4.34. The summed E-state index contributed by atoms with van der Waals surface area (Å²) >= 11 is 0. The Labute approximate surface area is 58.0 Å². The normalized spacial score (nSPS) is 33.4. The van der Waals surface area contributed by atoms with E-state index in [1.54, 1.807) is 0 Å². The van der Waals surface area contributed by atoms with Crippen molar-refractivity contribution in [1.29, 1.82) is 0 Å². The van der Waals surface area contributed by atoms with Gasteiger partial charge in [-0.1, -0.05) is 19.4 Å². The minimum atomic E-state index is 1.00. The van der Waals surface area contributed by atoms with E-state index < -0.39 is 0 Å². The maximum Gasteiger partial charge on any atom is -0.0351 e. The molecule has 1 aliphatic carbocycles. The maximum absolute atomic E-state index is 3.72. The van der Waals surface area contributed by atoms with Crippen molar-refractivity contribution in [1.82, 2.24) is 0 Å². The zero-order chi connectivity index (χ0) is 6.69. The molecule has 1 aliphatic rings. The quantitative estimate of drug-likeness (QED) is 0.507. The molecule has 2 unspecified atom stereocenters. The zero-order valence-electron chi connectivity index (χ0n) is 6.27. The van der Waals surface area contributed by atoms with Crippen LogP contribution in [0.15, 0.2) is 12.7 Å². The van der Waals surface area contributed by atoms with Gasteiger partial charge in [0, 0.05) is 0 Å². The summed E-state index contributed by atoms with van der Waals surface area (Å²) in [7, 11) is 0. The lowest BCUT2D eigenvalue weighted by Crippen LogP contribution is -2.22. The smallest absolute Gasteiger partial charge is 0.0351 e. The number of hydrogen-bond acceptors (Lipinski definition) is 0. The summed E-state index contributed by atoms with van der Waals surface area (Å²) in [5.41, 5.74) is 0. The average molecular weight is 124 g/mol. The molecule has 1 fully saturated rings. The lowest BCUT2D eigenvalue weighted by Gasteiger charge is -2.33. The van der Waals surface area contributed by atoms with Gasteiger partial charge in [-0.05, 0) is 31.1 Å². The van der Waals surface area contributed by atoms with E-state index in [-0.39, 0.29) is 0 Å². The van der Waals surface area contributed by atoms with Crippen molar-refractivity contribution in [3.63, 3.8) is 0 Å². The van der Waals surface area contributed by atoms with Gasteiger partial charge in [0.2, 0.25) is 0 Å². The minimum absolute atomic E-state index is 1.00. The molecular weight excluding hydrogens is 108 g/mol. The number of rotatable bonds is 3. The molecule has 0 aromatic rings. The number of allylic oxidation sites excluding steroid dienone is 1. The largest absolute Gasteiger partial charge is 0.103 e. The molecule has 0 aromatic heterocycles. The maximum atomic E-state index is 3.72. The van der Waals surface area contributed by atoms with Crippen LogP contribution in [-0.2, 0) is 0 Å². The van der Waals surface area contributed by atoms with E-state index in [9.17, 15) is 0 Å². The van der Waals surface area contributed by atoms with Gasteiger partial charge in [-0.15, -0.1) is 6.58 Å². The van der Waals surface area contributed by atoms with Gasteiger partial charge in [0.1, 0.15) is 0 Å². The standard InChI is InChI=1S/C9H16/c1-3-4-5-9-7-6-8(9)2/h3,8-9H,1,4-7H2,2H3. The highest BCUT2D eigenvalue weighted by atomic mass is 14.3. The third-order valence-electron chi connectivity index (χ3n) is 2.54. The average Bonchev–Trinajstić information content (AvgIpc) is 1.86. The van der Waals surface area contributed by atoms with Crippen LogP contribution in [0.2, 0.25) is 0 Å². The van der Waals surface area contributed by atoms with E-state index in [1.807, 2.05) is 6.08 Å². The van der Waals surface area contributed by atoms with Gasteiger partial charge in [0.15, 0.2) is 0 Å². The first-order valence-corrected chi connectivity index (χ1v) is 3.95. The highest BCUT2D eigenvalue weighted by Crippen LogP contribution is 2.36. The van der Waals surface area contributed by atoms with E-state index >= 15 is 0 Å². The molecule has 1 saturated carbocycles. The molecule has 0 radical (unpaired) electrons. The molecule has 0 spiro atoms. The third-order valence-corrected chi connectivity index (χ3v) is 2.54. The number of hydrogen-bond donors (Lipinski definition) is 0. The molecular formula is C9H16. The molecule has 9 heavy (non-hydrogen) atoms. The SMILES string of the molecule is C=CCCC1CCC1C. The Morgan fingerprint density at radius 1 is 1.56 bits per heavy atom. The first kappa shape index (κ1) is 6.85. The highest BCUT2D eigenvalue weighted by Gasteiger charge is 2.25. The van der Waals surface area contributed by atoms with Crippen LogP contribution in [0.1, 0.15) is 32.6 Å². The molecule has 0 nitrogen and oxygen atoms in total. The summed E-state index contributed by atoms with van der Waals surface area (Å²) in [6.07, 6.45) is 7.56. The molecule has 0 heteroatoms. The van der Waals surface area contributed by atoms with Gasteiger partial charge >= 0.3 is 0 Å². The molecule has 52 valence electrons. The third kappa shape index (κ3) is 1.57. The van der Waals surface area contributed by atoms with Crippen molar-refractivity contribution < 1.29 is 0 Å². The summed E-state index contributed by atoms with van der Waals surface area (Å²) in [5, 5.41) is 0. The molecule has 2 atom stereocenters. The summed E-state index contributed by atoms with van der Waals surface area (Å²) in [6.45, 7) is 6.07. The van der Waals surface area contributed by atoms with Crippen molar-refractivity contribution in [2.45, 2.75) is 32.6 Å². The predicted molar refractivity (Wildman–Crippen MR) is 41.3 cm³/mol. The lowest BCUT2D eigenvalue weighted by molar-refractivity contribution is 0.185. The van der Waals surface area contributed by atoms with Crippen LogP contribution in [0.25, 0.3) is 0 Å². The van der Waals surface area contributed by atoms with E-state index in [0.717, 1.165) is 11.8 Å². The molecule has 0 bridgehead atoms. The van der Waals surface area contributed by atoms with Gasteiger partial charge in [-0.2, -0.15) is 0 Å². The summed E-state index contributed by atoms with van der Waals surface area (Å²) < 4.78 is 0. The fraction of sp³-hybridized carbons (Fsp3) is 0.778. The van der Waals surface area contributed by atoms with Crippen molar-refractivity contribution >= 4 is 0 Å². The fourth-order valence-electron chi connectivity index (χ4n) is 1.50. The molecule has 0 N–H and O–H groups in total. The fourth-order valence-corrected chi connectivity index (χ4v) is 1.50. The summed E-state index contributed by atoms with van der Waals surface area (Å²) in [6, 6.07) is 0. The molecule has 0 aliphatic heterocycles. The molecule has 0 saturated heterocycles. The Hall–Kier alpha value is -0.260. The van der Waals surface area contributed by atoms with Crippen molar-refractivity contribution in [2.75, 3.05) is 0 Å². The van der Waals surface area contributed by atoms with E-state index in [1.165, 1.54) is 25.7 Å². The molecule has 1 rings (SSSR count). The zero-order valence-corrected chi connectivity index (χ0v) is 6.27. The van der Waals surface area contributed by atoms with Gasteiger partial charge in [0.05, 0.1) is 0 Å². The summed E-state index contributed by atoms with van der Waals surface area (Å²) in [5.74, 6) is 2.04. The Morgan fingerprint density at radius 3 is 2.67 bits per heavy atom. The Morgan fingerprint density at radius 2 is 2.33 bits per heavy atom. The molecule has 0 aromatic carbocycles.